The molecule has 1 aliphatic carbocycles. The van der Waals surface area contributed by atoms with Gasteiger partial charge in [0.05, 0.1) is 6.10 Å². The number of aromatic nitrogens is 1. The van der Waals surface area contributed by atoms with Gasteiger partial charge in [0, 0.05) is 47.6 Å². The third kappa shape index (κ3) is 2.11. The minimum atomic E-state index is -0.162. The number of nitrogens with zero attached hydrogens (tertiary/aromatic N) is 1. The number of ether oxygens (including phenoxy) is 1. The Morgan fingerprint density at radius 1 is 1.55 bits per heavy atom. The van der Waals surface area contributed by atoms with E-state index in [0.717, 1.165) is 31.1 Å². The topological polar surface area (TPSA) is 60.2 Å². The van der Waals surface area contributed by atoms with E-state index in [2.05, 4.69) is 31.1 Å². The number of fused-ring (bicyclic) bond motifs is 1. The number of rotatable bonds is 4. The van der Waals surface area contributed by atoms with Crippen LogP contribution in [0, 0.1) is 18.3 Å². The second-order valence-corrected chi connectivity index (χ2v) is 8.09. The summed E-state index contributed by atoms with van der Waals surface area (Å²) in [4.78, 5) is 5.65. The Hall–Kier alpha value is -0.490. The van der Waals surface area contributed by atoms with E-state index in [9.17, 15) is 0 Å². The summed E-state index contributed by atoms with van der Waals surface area (Å²) in [5.41, 5.74) is 6.63. The van der Waals surface area contributed by atoms with Gasteiger partial charge in [-0.05, 0) is 19.8 Å². The molecule has 3 atom stereocenters. The van der Waals surface area contributed by atoms with Gasteiger partial charge in [-0.25, -0.2) is 4.98 Å². The minimum Gasteiger partial charge on any atom is -0.377 e. The van der Waals surface area contributed by atoms with Crippen molar-refractivity contribution in [2.75, 3.05) is 13.2 Å². The van der Waals surface area contributed by atoms with Crippen molar-refractivity contribution in [1.82, 2.24) is 10.3 Å². The van der Waals surface area contributed by atoms with Gasteiger partial charge in [-0.3, -0.25) is 0 Å². The van der Waals surface area contributed by atoms with Gasteiger partial charge in [0.1, 0.15) is 5.01 Å². The fourth-order valence-electron chi connectivity index (χ4n) is 3.88. The highest BCUT2D eigenvalue weighted by Gasteiger charge is 2.65. The van der Waals surface area contributed by atoms with E-state index in [1.54, 1.807) is 11.3 Å². The summed E-state index contributed by atoms with van der Waals surface area (Å²) >= 11 is 1.75. The van der Waals surface area contributed by atoms with Gasteiger partial charge in [0.15, 0.2) is 0 Å². The van der Waals surface area contributed by atoms with Crippen molar-refractivity contribution in [3.05, 3.63) is 16.1 Å². The van der Waals surface area contributed by atoms with Gasteiger partial charge >= 0.3 is 0 Å². The summed E-state index contributed by atoms with van der Waals surface area (Å²) < 4.78 is 5.94. The Labute approximate surface area is 125 Å². The summed E-state index contributed by atoms with van der Waals surface area (Å²) in [5, 5.41) is 4.65. The van der Waals surface area contributed by atoms with Crippen LogP contribution in [0.15, 0.2) is 6.20 Å². The van der Waals surface area contributed by atoms with Crippen LogP contribution in [-0.2, 0) is 11.3 Å². The molecule has 2 fully saturated rings. The van der Waals surface area contributed by atoms with Crippen LogP contribution >= 0.6 is 11.3 Å². The Bertz CT molecular complexity index is 487. The Morgan fingerprint density at radius 3 is 3.05 bits per heavy atom. The molecule has 0 amide bonds. The molecule has 1 aliphatic heterocycles. The van der Waals surface area contributed by atoms with Gasteiger partial charge in [0.25, 0.3) is 0 Å². The molecule has 1 aromatic heterocycles. The van der Waals surface area contributed by atoms with Crippen LogP contribution in [0.3, 0.4) is 0 Å². The van der Waals surface area contributed by atoms with Gasteiger partial charge < -0.3 is 15.8 Å². The molecule has 3 N–H and O–H groups in total. The van der Waals surface area contributed by atoms with E-state index in [4.69, 9.17) is 10.5 Å². The molecule has 3 rings (SSSR count). The molecular formula is C15H25N3OS. The smallest absolute Gasteiger partial charge is 0.107 e. The van der Waals surface area contributed by atoms with Gasteiger partial charge in [0.2, 0.25) is 0 Å². The Kier molecular flexibility index (Phi) is 3.65. The predicted octanol–water partition coefficient (Wildman–Crippen LogP) is 2.07. The molecule has 1 aromatic rings. The lowest BCUT2D eigenvalue weighted by Crippen LogP contribution is -2.80. The van der Waals surface area contributed by atoms with Gasteiger partial charge in [-0.2, -0.15) is 0 Å². The first-order valence-corrected chi connectivity index (χ1v) is 8.29. The van der Waals surface area contributed by atoms with E-state index < -0.39 is 0 Å². The molecule has 4 nitrogen and oxygen atoms in total. The van der Waals surface area contributed by atoms with Gasteiger partial charge in [-0.15, -0.1) is 11.3 Å². The van der Waals surface area contributed by atoms with Crippen molar-refractivity contribution in [3.8, 4) is 0 Å². The van der Waals surface area contributed by atoms with Crippen LogP contribution in [0.4, 0.5) is 0 Å². The number of hydrogen-bond donors (Lipinski definition) is 2. The molecule has 20 heavy (non-hydrogen) atoms. The monoisotopic (exact) mass is 295 g/mol. The minimum absolute atomic E-state index is 0.0455. The number of nitrogens with two attached hydrogens (primary N) is 1. The average Bonchev–Trinajstić information content (AvgIpc) is 2.84. The van der Waals surface area contributed by atoms with Crippen LogP contribution in [0.5, 0.6) is 0 Å². The predicted molar refractivity (Wildman–Crippen MR) is 81.7 cm³/mol. The second-order valence-electron chi connectivity index (χ2n) is 6.77. The third-order valence-electron chi connectivity index (χ3n) is 5.26. The first kappa shape index (κ1) is 14.4. The average molecular weight is 295 g/mol. The van der Waals surface area contributed by atoms with Crippen molar-refractivity contribution < 1.29 is 4.74 Å². The van der Waals surface area contributed by atoms with Crippen LogP contribution < -0.4 is 11.1 Å². The van der Waals surface area contributed by atoms with Gasteiger partial charge in [-0.1, -0.05) is 13.8 Å². The fourth-order valence-corrected chi connectivity index (χ4v) is 4.64. The third-order valence-corrected chi connectivity index (χ3v) is 6.17. The summed E-state index contributed by atoms with van der Waals surface area (Å²) in [7, 11) is 0. The van der Waals surface area contributed by atoms with Crippen molar-refractivity contribution in [1.29, 1.82) is 0 Å². The molecule has 1 saturated carbocycles. The maximum atomic E-state index is 6.75. The van der Waals surface area contributed by atoms with Crippen LogP contribution in [-0.4, -0.2) is 29.8 Å². The molecule has 0 spiro atoms. The first-order valence-electron chi connectivity index (χ1n) is 7.47. The van der Waals surface area contributed by atoms with Crippen molar-refractivity contribution >= 4 is 11.3 Å². The highest BCUT2D eigenvalue weighted by atomic mass is 32.1. The summed E-state index contributed by atoms with van der Waals surface area (Å²) in [6.07, 6.45) is 4.60. The number of aryl methyl sites for hydroxylation is 1. The van der Waals surface area contributed by atoms with Crippen LogP contribution in [0.25, 0.3) is 0 Å². The molecule has 2 aliphatic rings. The molecule has 0 bridgehead atoms. The van der Waals surface area contributed by atoms with E-state index >= 15 is 0 Å². The Morgan fingerprint density at radius 2 is 2.35 bits per heavy atom. The lowest BCUT2D eigenvalue weighted by molar-refractivity contribution is -0.225. The van der Waals surface area contributed by atoms with E-state index in [1.807, 2.05) is 6.20 Å². The van der Waals surface area contributed by atoms with Crippen molar-refractivity contribution in [2.24, 2.45) is 17.1 Å². The Balaban J connectivity index is 1.60. The zero-order chi connectivity index (χ0) is 14.4. The standard InChI is InChI=1S/C15H25N3OS/c1-10-7-18-12(20-10)8-17-9-15(16)11-5-4-6-19-13(11)14(15,2)3/h7,11,13,17H,4-6,8-9,16H2,1-3H3. The summed E-state index contributed by atoms with van der Waals surface area (Å²) in [5.74, 6) is 0.497. The number of hydrogen-bond acceptors (Lipinski definition) is 5. The molecule has 0 radical (unpaired) electrons. The van der Waals surface area contributed by atoms with Crippen molar-refractivity contribution in [3.63, 3.8) is 0 Å². The quantitative estimate of drug-likeness (QED) is 0.893. The zero-order valence-electron chi connectivity index (χ0n) is 12.6. The molecule has 112 valence electrons. The fraction of sp³-hybridized carbons (Fsp3) is 0.800. The summed E-state index contributed by atoms with van der Waals surface area (Å²) in [6.45, 7) is 9.12. The van der Waals surface area contributed by atoms with E-state index in [0.29, 0.717) is 12.0 Å². The largest absolute Gasteiger partial charge is 0.377 e. The normalized spacial score (nSPS) is 35.4. The molecule has 0 aromatic carbocycles. The molecular weight excluding hydrogens is 270 g/mol. The molecule has 3 unspecified atom stereocenters. The lowest BCUT2D eigenvalue weighted by atomic mass is 9.46. The van der Waals surface area contributed by atoms with E-state index in [-0.39, 0.29) is 11.0 Å². The molecule has 2 heterocycles. The maximum absolute atomic E-state index is 6.75. The highest BCUT2D eigenvalue weighted by molar-refractivity contribution is 7.11. The highest BCUT2D eigenvalue weighted by Crippen LogP contribution is 2.56. The molecule has 5 heteroatoms. The molecule has 1 saturated heterocycles. The van der Waals surface area contributed by atoms with Crippen LogP contribution in [0.1, 0.15) is 36.6 Å². The zero-order valence-corrected chi connectivity index (χ0v) is 13.4. The number of thiazole rings is 1. The summed E-state index contributed by atoms with van der Waals surface area (Å²) in [6, 6.07) is 0. The lowest BCUT2D eigenvalue weighted by Gasteiger charge is -2.66. The number of nitrogens with one attached hydrogen (secondary N) is 1. The van der Waals surface area contributed by atoms with E-state index in [1.165, 1.54) is 11.3 Å². The first-order chi connectivity index (χ1) is 9.45. The second kappa shape index (κ2) is 5.05. The maximum Gasteiger partial charge on any atom is 0.107 e. The SMILES string of the molecule is Cc1cnc(CNCC2(N)C3CCCOC3C2(C)C)s1. The van der Waals surface area contributed by atoms with Crippen molar-refractivity contribution in [2.45, 2.75) is 51.8 Å². The van der Waals surface area contributed by atoms with Crippen LogP contribution in [0.2, 0.25) is 0 Å².